The minimum Gasteiger partial charge on any atom is -0.145 e. The van der Waals surface area contributed by atoms with Crippen LogP contribution in [0.2, 0.25) is 11.1 Å². The Labute approximate surface area is 110 Å². The second-order valence-corrected chi connectivity index (χ2v) is 14.4. The molecule has 2 aliphatic rings. The zero-order valence-corrected chi connectivity index (χ0v) is 13.0. The van der Waals surface area contributed by atoms with E-state index in [1.807, 2.05) is 0 Å². The first-order valence-electron chi connectivity index (χ1n) is 6.36. The zero-order valence-electron chi connectivity index (χ0n) is 10.5. The Morgan fingerprint density at radius 1 is 1.19 bits per heavy atom. The van der Waals surface area contributed by atoms with Crippen LogP contribution in [0.1, 0.15) is 40.0 Å². The van der Waals surface area contributed by atoms with E-state index < -0.39 is 6.69 Å². The van der Waals surface area contributed by atoms with Gasteiger partial charge in [0, 0.05) is 0 Å². The molecule has 0 aromatic heterocycles. The van der Waals surface area contributed by atoms with Gasteiger partial charge < -0.3 is 0 Å². The predicted molar refractivity (Wildman–Crippen MR) is 75.4 cm³/mol. The number of rotatable bonds is 3. The van der Waals surface area contributed by atoms with Gasteiger partial charge in [-0.25, -0.2) is 0 Å². The summed E-state index contributed by atoms with van der Waals surface area (Å²) in [6.45, 7) is 4.46. The summed E-state index contributed by atoms with van der Waals surface area (Å²) in [5.41, 5.74) is 0. The molecule has 2 rings (SSSR count). The third-order valence-electron chi connectivity index (χ3n) is 4.34. The van der Waals surface area contributed by atoms with Crippen molar-refractivity contribution in [1.29, 1.82) is 0 Å². The highest BCUT2D eigenvalue weighted by atomic mass is 35.7. The summed E-state index contributed by atoms with van der Waals surface area (Å²) < 4.78 is 0. The summed E-state index contributed by atoms with van der Waals surface area (Å²) in [6, 6.07) is 1.06. The van der Waals surface area contributed by atoms with E-state index in [2.05, 4.69) is 32.9 Å². The lowest BCUT2D eigenvalue weighted by molar-refractivity contribution is 0.431. The molecule has 2 aliphatic carbocycles. The second kappa shape index (κ2) is 4.33. The van der Waals surface area contributed by atoms with E-state index in [0.717, 1.165) is 23.8 Å². The molecular formula is C13H22Cl2Si. The van der Waals surface area contributed by atoms with Crippen molar-refractivity contribution in [2.24, 2.45) is 17.8 Å². The van der Waals surface area contributed by atoms with Crippen molar-refractivity contribution in [2.75, 3.05) is 0 Å². The van der Waals surface area contributed by atoms with Crippen LogP contribution in [0.4, 0.5) is 0 Å². The van der Waals surface area contributed by atoms with E-state index in [1.165, 1.54) is 19.3 Å². The molecule has 0 aromatic rings. The van der Waals surface area contributed by atoms with Crippen molar-refractivity contribution >= 4 is 28.9 Å². The van der Waals surface area contributed by atoms with Gasteiger partial charge in [0.05, 0.1) is 0 Å². The van der Waals surface area contributed by atoms with E-state index in [9.17, 15) is 0 Å². The first kappa shape index (κ1) is 13.0. The third kappa shape index (κ3) is 2.52. The average molecular weight is 277 g/mol. The van der Waals surface area contributed by atoms with Gasteiger partial charge >= 0.3 is 0 Å². The summed E-state index contributed by atoms with van der Waals surface area (Å²) >= 11 is 13.2. The van der Waals surface area contributed by atoms with Crippen LogP contribution in [-0.4, -0.2) is 6.69 Å². The molecule has 0 spiro atoms. The fraction of sp³-hybridized carbons (Fsp3) is 0.846. The van der Waals surface area contributed by atoms with Gasteiger partial charge in [-0.2, -0.15) is 0 Å². The number of hydrogen-bond donors (Lipinski definition) is 0. The van der Waals surface area contributed by atoms with Gasteiger partial charge in [-0.05, 0) is 41.7 Å². The van der Waals surface area contributed by atoms with E-state index in [0.29, 0.717) is 0 Å². The van der Waals surface area contributed by atoms with Gasteiger partial charge in [0.2, 0.25) is 0 Å². The molecule has 3 atom stereocenters. The molecule has 16 heavy (non-hydrogen) atoms. The van der Waals surface area contributed by atoms with Crippen LogP contribution in [0.15, 0.2) is 12.2 Å². The van der Waals surface area contributed by atoms with Crippen molar-refractivity contribution in [3.05, 3.63) is 12.2 Å². The topological polar surface area (TPSA) is 0 Å². The highest BCUT2D eigenvalue weighted by Gasteiger charge is 2.43. The minimum absolute atomic E-state index is 0.101. The molecule has 0 N–H and O–H groups in total. The van der Waals surface area contributed by atoms with E-state index in [1.54, 1.807) is 0 Å². The molecule has 0 heterocycles. The van der Waals surface area contributed by atoms with E-state index >= 15 is 0 Å². The van der Waals surface area contributed by atoms with Gasteiger partial charge in [0.15, 0.2) is 0 Å². The molecule has 3 unspecified atom stereocenters. The Hall–Kier alpha value is 0.537. The van der Waals surface area contributed by atoms with Crippen LogP contribution in [0.3, 0.4) is 0 Å². The summed E-state index contributed by atoms with van der Waals surface area (Å²) in [5.74, 6) is 2.57. The summed E-state index contributed by atoms with van der Waals surface area (Å²) in [5, 5.41) is 0.101. The van der Waals surface area contributed by atoms with Crippen molar-refractivity contribution < 1.29 is 0 Å². The van der Waals surface area contributed by atoms with Gasteiger partial charge in [-0.1, -0.05) is 39.3 Å². The smallest absolute Gasteiger partial charge is 0.145 e. The first-order valence-corrected chi connectivity index (χ1v) is 10.6. The van der Waals surface area contributed by atoms with E-state index in [-0.39, 0.29) is 5.04 Å². The summed E-state index contributed by atoms with van der Waals surface area (Å²) in [4.78, 5) is 0. The largest absolute Gasteiger partial charge is 0.256 e. The van der Waals surface area contributed by atoms with Gasteiger partial charge in [-0.15, -0.1) is 22.2 Å². The molecule has 0 aliphatic heterocycles. The van der Waals surface area contributed by atoms with Crippen LogP contribution in [-0.2, 0) is 0 Å². The number of fused-ring (bicyclic) bond motifs is 2. The Balaban J connectivity index is 1.86. The second-order valence-electron chi connectivity index (χ2n) is 6.53. The van der Waals surface area contributed by atoms with Gasteiger partial charge in [0.1, 0.15) is 0 Å². The predicted octanol–water partition coefficient (Wildman–Crippen LogP) is 5.31. The fourth-order valence-electron chi connectivity index (χ4n) is 2.97. The lowest BCUT2D eigenvalue weighted by atomic mass is 9.91. The van der Waals surface area contributed by atoms with Crippen LogP contribution >= 0.6 is 22.2 Å². The standard InChI is InChI=1S/C13H22Cl2Si/c1-13(2,3)16(14,15)7-6-12-9-10-4-5-11(12)8-10/h4-5,10-12H,6-9H2,1-3H3. The maximum atomic E-state index is 6.58. The highest BCUT2D eigenvalue weighted by molar-refractivity contribution is 7.46. The molecule has 0 radical (unpaired) electrons. The molecule has 0 aromatic carbocycles. The molecule has 0 saturated heterocycles. The minimum atomic E-state index is -2.08. The Kier molecular flexibility index (Phi) is 3.51. The van der Waals surface area contributed by atoms with Crippen molar-refractivity contribution in [3.63, 3.8) is 0 Å². The van der Waals surface area contributed by atoms with E-state index in [4.69, 9.17) is 22.2 Å². The van der Waals surface area contributed by atoms with Crippen molar-refractivity contribution in [3.8, 4) is 0 Å². The molecule has 1 fully saturated rings. The third-order valence-corrected chi connectivity index (χ3v) is 12.0. The Morgan fingerprint density at radius 2 is 1.88 bits per heavy atom. The quantitative estimate of drug-likeness (QED) is 0.372. The number of halogens is 2. The summed E-state index contributed by atoms with van der Waals surface area (Å²) in [6.07, 6.45) is 8.82. The summed E-state index contributed by atoms with van der Waals surface area (Å²) in [7, 11) is 0. The molecule has 1 saturated carbocycles. The van der Waals surface area contributed by atoms with Crippen molar-refractivity contribution in [1.82, 2.24) is 0 Å². The maximum absolute atomic E-state index is 6.58. The van der Waals surface area contributed by atoms with Crippen LogP contribution in [0.5, 0.6) is 0 Å². The number of hydrogen-bond acceptors (Lipinski definition) is 0. The van der Waals surface area contributed by atoms with Crippen LogP contribution in [0.25, 0.3) is 0 Å². The molecule has 0 nitrogen and oxygen atoms in total. The number of allylic oxidation sites excluding steroid dienone is 2. The molecule has 2 bridgehead atoms. The highest BCUT2D eigenvalue weighted by Crippen LogP contribution is 2.50. The van der Waals surface area contributed by atoms with Gasteiger partial charge in [0.25, 0.3) is 6.69 Å². The Morgan fingerprint density at radius 3 is 2.31 bits per heavy atom. The lowest BCUT2D eigenvalue weighted by Gasteiger charge is -2.32. The first-order chi connectivity index (χ1) is 7.29. The SMILES string of the molecule is CC(C)(C)[Si](Cl)(Cl)CCC1CC2C=CC1C2. The van der Waals surface area contributed by atoms with Crippen molar-refractivity contribution in [2.45, 2.75) is 51.1 Å². The molecular weight excluding hydrogens is 255 g/mol. The monoisotopic (exact) mass is 276 g/mol. The fourth-order valence-corrected chi connectivity index (χ4v) is 5.11. The molecule has 0 amide bonds. The molecule has 92 valence electrons. The lowest BCUT2D eigenvalue weighted by Crippen LogP contribution is -2.32. The van der Waals surface area contributed by atoms with Crippen LogP contribution in [0, 0.1) is 17.8 Å². The van der Waals surface area contributed by atoms with Gasteiger partial charge in [-0.3, -0.25) is 0 Å². The van der Waals surface area contributed by atoms with Crippen LogP contribution < -0.4 is 0 Å². The zero-order chi connectivity index (χ0) is 12.0. The normalized spacial score (nSPS) is 33.7. The average Bonchev–Trinajstić information content (AvgIpc) is 2.73. The maximum Gasteiger partial charge on any atom is 0.256 e. The molecule has 3 heteroatoms. The Bertz CT molecular complexity index is 291.